The third kappa shape index (κ3) is 7.26. The molecular weight excluding hydrogens is 380 g/mol. The van der Waals surface area contributed by atoms with Crippen molar-refractivity contribution in [3.63, 3.8) is 0 Å². The van der Waals surface area contributed by atoms with E-state index >= 15 is 0 Å². The highest BCUT2D eigenvalue weighted by molar-refractivity contribution is 6.01. The van der Waals surface area contributed by atoms with Crippen LogP contribution in [-0.4, -0.2) is 67.2 Å². The molecule has 1 unspecified atom stereocenters. The Hall–Kier alpha value is -2.74. The molecule has 2 aromatic carbocycles. The van der Waals surface area contributed by atoms with Crippen molar-refractivity contribution >= 4 is 17.6 Å². The summed E-state index contributed by atoms with van der Waals surface area (Å²) in [6.45, 7) is 7.03. The van der Waals surface area contributed by atoms with E-state index in [4.69, 9.17) is 4.74 Å². The molecule has 0 bridgehead atoms. The van der Waals surface area contributed by atoms with Crippen LogP contribution in [-0.2, 0) is 16.1 Å². The number of para-hydroxylation sites is 1. The highest BCUT2D eigenvalue weighted by atomic mass is 16.5. The zero-order valence-electron chi connectivity index (χ0n) is 17.4. The first-order valence-electron chi connectivity index (χ1n) is 10.3. The fraction of sp³-hybridized carbons (Fsp3) is 0.391. The van der Waals surface area contributed by atoms with Crippen molar-refractivity contribution in [2.75, 3.05) is 44.7 Å². The third-order valence-electron chi connectivity index (χ3n) is 5.11. The lowest BCUT2D eigenvalue weighted by Gasteiger charge is -2.34. The highest BCUT2D eigenvalue weighted by Crippen LogP contribution is 2.11. The van der Waals surface area contributed by atoms with E-state index in [0.717, 1.165) is 38.4 Å². The Morgan fingerprint density at radius 3 is 2.33 bits per heavy atom. The minimum absolute atomic E-state index is 0.141. The van der Waals surface area contributed by atoms with Crippen molar-refractivity contribution in [3.8, 4) is 0 Å². The second kappa shape index (κ2) is 11.4. The van der Waals surface area contributed by atoms with Gasteiger partial charge in [-0.25, -0.2) is 4.79 Å². The zero-order valence-corrected chi connectivity index (χ0v) is 17.4. The van der Waals surface area contributed by atoms with Crippen molar-refractivity contribution in [3.05, 3.63) is 66.2 Å². The normalized spacial score (nSPS) is 15.5. The van der Waals surface area contributed by atoms with Crippen LogP contribution in [0.5, 0.6) is 0 Å². The summed E-state index contributed by atoms with van der Waals surface area (Å²) in [4.78, 5) is 29.2. The standard InChI is InChI=1S/C23H30N4O3/c1-19(16-26-12-14-30-15-13-26)27(17-20-8-4-2-5-9-20)18-22(28)25-23(29)24-21-10-6-3-7-11-21/h2-11,19H,12-18H2,1H3,(H2,24,25,28,29). The van der Waals surface area contributed by atoms with Crippen molar-refractivity contribution in [2.45, 2.75) is 19.5 Å². The van der Waals surface area contributed by atoms with Crippen LogP contribution in [0.25, 0.3) is 0 Å². The van der Waals surface area contributed by atoms with Gasteiger partial charge in [-0.1, -0.05) is 48.5 Å². The maximum atomic E-state index is 12.6. The van der Waals surface area contributed by atoms with Gasteiger partial charge in [0.05, 0.1) is 19.8 Å². The van der Waals surface area contributed by atoms with Crippen LogP contribution in [0.2, 0.25) is 0 Å². The second-order valence-corrected chi connectivity index (χ2v) is 7.52. The molecule has 0 aromatic heterocycles. The Kier molecular flexibility index (Phi) is 8.38. The number of ether oxygens (including phenoxy) is 1. The average Bonchev–Trinajstić information content (AvgIpc) is 2.75. The number of carbonyl (C=O) groups excluding carboxylic acids is 2. The van der Waals surface area contributed by atoms with Gasteiger partial charge in [-0.2, -0.15) is 0 Å². The van der Waals surface area contributed by atoms with Gasteiger partial charge in [0.25, 0.3) is 0 Å². The molecule has 3 amide bonds. The molecule has 1 heterocycles. The Morgan fingerprint density at radius 2 is 1.67 bits per heavy atom. The molecule has 2 aromatic rings. The smallest absolute Gasteiger partial charge is 0.325 e. The van der Waals surface area contributed by atoms with Crippen molar-refractivity contribution in [1.29, 1.82) is 0 Å². The molecule has 160 valence electrons. The number of imide groups is 1. The van der Waals surface area contributed by atoms with Crippen LogP contribution >= 0.6 is 0 Å². The number of rotatable bonds is 8. The van der Waals surface area contributed by atoms with Crippen molar-refractivity contribution in [1.82, 2.24) is 15.1 Å². The number of morpholine rings is 1. The lowest BCUT2D eigenvalue weighted by atomic mass is 10.1. The molecule has 1 aliphatic rings. The van der Waals surface area contributed by atoms with Crippen LogP contribution in [0.4, 0.5) is 10.5 Å². The third-order valence-corrected chi connectivity index (χ3v) is 5.11. The number of carbonyl (C=O) groups is 2. The zero-order chi connectivity index (χ0) is 21.2. The summed E-state index contributed by atoms with van der Waals surface area (Å²) >= 11 is 0. The van der Waals surface area contributed by atoms with Gasteiger partial charge < -0.3 is 10.1 Å². The monoisotopic (exact) mass is 410 g/mol. The van der Waals surface area contributed by atoms with Gasteiger partial charge >= 0.3 is 6.03 Å². The van der Waals surface area contributed by atoms with Crippen LogP contribution in [0.3, 0.4) is 0 Å². The number of nitrogens with one attached hydrogen (secondary N) is 2. The summed E-state index contributed by atoms with van der Waals surface area (Å²) in [5.41, 5.74) is 1.78. The first kappa shape index (κ1) is 22.0. The molecule has 2 N–H and O–H groups in total. The van der Waals surface area contributed by atoms with E-state index in [1.807, 2.05) is 36.4 Å². The van der Waals surface area contributed by atoms with Crippen molar-refractivity contribution < 1.29 is 14.3 Å². The van der Waals surface area contributed by atoms with Gasteiger partial charge in [-0.15, -0.1) is 0 Å². The Morgan fingerprint density at radius 1 is 1.03 bits per heavy atom. The number of anilines is 1. The number of nitrogens with zero attached hydrogens (tertiary/aromatic N) is 2. The molecule has 1 atom stereocenters. The predicted octanol–water partition coefficient (Wildman–Crippen LogP) is 2.56. The summed E-state index contributed by atoms with van der Waals surface area (Å²) in [6.07, 6.45) is 0. The lowest BCUT2D eigenvalue weighted by Crippen LogP contribution is -2.49. The number of amides is 3. The van der Waals surface area contributed by atoms with Gasteiger partial charge in [0, 0.05) is 37.9 Å². The number of benzene rings is 2. The van der Waals surface area contributed by atoms with Gasteiger partial charge in [0.1, 0.15) is 0 Å². The summed E-state index contributed by atoms with van der Waals surface area (Å²) in [5.74, 6) is -0.326. The topological polar surface area (TPSA) is 73.9 Å². The molecule has 1 aliphatic heterocycles. The molecule has 7 heteroatoms. The summed E-state index contributed by atoms with van der Waals surface area (Å²) in [6, 6.07) is 18.8. The molecule has 0 radical (unpaired) electrons. The summed E-state index contributed by atoms with van der Waals surface area (Å²) in [5, 5.41) is 5.12. The molecule has 3 rings (SSSR count). The van der Waals surface area contributed by atoms with Gasteiger partial charge in [-0.3, -0.25) is 19.9 Å². The lowest BCUT2D eigenvalue weighted by molar-refractivity contribution is -0.121. The first-order valence-corrected chi connectivity index (χ1v) is 10.3. The molecule has 1 saturated heterocycles. The predicted molar refractivity (Wildman–Crippen MR) is 117 cm³/mol. The number of urea groups is 1. The number of hydrogen-bond acceptors (Lipinski definition) is 5. The van der Waals surface area contributed by atoms with E-state index in [-0.39, 0.29) is 18.5 Å². The van der Waals surface area contributed by atoms with Gasteiger partial charge in [-0.05, 0) is 24.6 Å². The van der Waals surface area contributed by atoms with E-state index in [2.05, 4.69) is 39.5 Å². The maximum absolute atomic E-state index is 12.6. The maximum Gasteiger partial charge on any atom is 0.325 e. The fourth-order valence-electron chi connectivity index (χ4n) is 3.49. The first-order chi connectivity index (χ1) is 14.6. The molecule has 30 heavy (non-hydrogen) atoms. The van der Waals surface area contributed by atoms with E-state index in [0.29, 0.717) is 12.2 Å². The van der Waals surface area contributed by atoms with Crippen LogP contribution in [0.15, 0.2) is 60.7 Å². The van der Waals surface area contributed by atoms with E-state index in [1.165, 1.54) is 0 Å². The second-order valence-electron chi connectivity index (χ2n) is 7.52. The van der Waals surface area contributed by atoms with Gasteiger partial charge in [0.15, 0.2) is 0 Å². The van der Waals surface area contributed by atoms with Crippen LogP contribution in [0, 0.1) is 0 Å². The molecule has 0 aliphatic carbocycles. The van der Waals surface area contributed by atoms with Crippen LogP contribution < -0.4 is 10.6 Å². The Balaban J connectivity index is 1.58. The fourth-order valence-corrected chi connectivity index (χ4v) is 3.49. The molecule has 7 nitrogen and oxygen atoms in total. The summed E-state index contributed by atoms with van der Waals surface area (Å²) in [7, 11) is 0. The quantitative estimate of drug-likeness (QED) is 0.700. The Bertz CT molecular complexity index is 795. The van der Waals surface area contributed by atoms with E-state index in [1.54, 1.807) is 12.1 Å². The van der Waals surface area contributed by atoms with E-state index in [9.17, 15) is 9.59 Å². The molecular formula is C23H30N4O3. The average molecular weight is 411 g/mol. The van der Waals surface area contributed by atoms with Crippen LogP contribution in [0.1, 0.15) is 12.5 Å². The summed E-state index contributed by atoms with van der Waals surface area (Å²) < 4.78 is 5.43. The van der Waals surface area contributed by atoms with E-state index < -0.39 is 6.03 Å². The Labute approximate surface area is 178 Å². The molecule has 0 spiro atoms. The van der Waals surface area contributed by atoms with Gasteiger partial charge in [0.2, 0.25) is 5.91 Å². The largest absolute Gasteiger partial charge is 0.379 e. The minimum Gasteiger partial charge on any atom is -0.379 e. The molecule has 1 fully saturated rings. The van der Waals surface area contributed by atoms with Crippen molar-refractivity contribution in [2.24, 2.45) is 0 Å². The minimum atomic E-state index is -0.522. The SMILES string of the molecule is CC(CN1CCOCC1)N(CC(=O)NC(=O)Nc1ccccc1)Cc1ccccc1. The number of hydrogen-bond donors (Lipinski definition) is 2. The highest BCUT2D eigenvalue weighted by Gasteiger charge is 2.22. The molecule has 0 saturated carbocycles.